The maximum atomic E-state index is 12.2. The lowest BCUT2D eigenvalue weighted by atomic mass is 9.98. The summed E-state index contributed by atoms with van der Waals surface area (Å²) in [5.41, 5.74) is 2.34. The Hall–Kier alpha value is -2.34. The third-order valence-electron chi connectivity index (χ3n) is 5.04. The third-order valence-corrected chi connectivity index (χ3v) is 5.04. The van der Waals surface area contributed by atoms with Crippen molar-refractivity contribution in [3.63, 3.8) is 0 Å². The highest BCUT2D eigenvalue weighted by Crippen LogP contribution is 2.17. The number of piperidine rings is 1. The van der Waals surface area contributed by atoms with E-state index in [1.165, 1.54) is 15.8 Å². The predicted octanol–water partition coefficient (Wildman–Crippen LogP) is 0.685. The van der Waals surface area contributed by atoms with Gasteiger partial charge in [0.2, 0.25) is 0 Å². The summed E-state index contributed by atoms with van der Waals surface area (Å²) in [4.78, 5) is 28.6. The summed E-state index contributed by atoms with van der Waals surface area (Å²) in [5, 5.41) is 4.22. The van der Waals surface area contributed by atoms with Gasteiger partial charge in [-0.15, -0.1) is 0 Å². The molecule has 1 aromatic heterocycles. The van der Waals surface area contributed by atoms with Crippen LogP contribution in [0, 0.1) is 5.92 Å². The van der Waals surface area contributed by atoms with E-state index in [0.717, 1.165) is 31.3 Å². The number of para-hydroxylation sites is 1. The summed E-state index contributed by atoms with van der Waals surface area (Å²) >= 11 is 0. The zero-order valence-electron chi connectivity index (χ0n) is 15.3. The molecule has 6 nitrogen and oxygen atoms in total. The molecule has 0 radical (unpaired) electrons. The minimum Gasteiger partial charge on any atom is -0.466 e. The molecule has 1 aliphatic heterocycles. The molecule has 1 amide bonds. The summed E-state index contributed by atoms with van der Waals surface area (Å²) < 4.78 is 5.12. The quantitative estimate of drug-likeness (QED) is 0.638. The van der Waals surface area contributed by atoms with Gasteiger partial charge in [-0.25, -0.2) is 0 Å². The number of likely N-dealkylation sites (tertiary alicyclic amines) is 1. The molecule has 26 heavy (non-hydrogen) atoms. The number of hydrogen-bond donors (Lipinski definition) is 3. The van der Waals surface area contributed by atoms with Crippen LogP contribution in [0.2, 0.25) is 0 Å². The second-order valence-corrected chi connectivity index (χ2v) is 6.93. The summed E-state index contributed by atoms with van der Waals surface area (Å²) in [7, 11) is 0. The van der Waals surface area contributed by atoms with Gasteiger partial charge in [-0.2, -0.15) is 0 Å². The highest BCUT2D eigenvalue weighted by molar-refractivity contribution is 5.83. The number of ether oxygens (including phenoxy) is 1. The van der Waals surface area contributed by atoms with Crippen LogP contribution >= 0.6 is 0 Å². The van der Waals surface area contributed by atoms with E-state index in [1.807, 2.05) is 25.3 Å². The first-order valence-electron chi connectivity index (χ1n) is 9.49. The standard InChI is InChI=1S/C20H27N3O3/c1-2-26-20(25)16-6-5-11-23(13-16)14-19(24)21-10-9-15-12-22-18-8-4-3-7-17(15)18/h3-4,7-8,12,16,22H,2,5-6,9-11,13-14H2,1H3,(H,21,24)/p+1/t16-/m0/s1. The Morgan fingerprint density at radius 3 is 3.04 bits per heavy atom. The molecule has 0 spiro atoms. The average Bonchev–Trinajstić information content (AvgIpc) is 3.05. The van der Waals surface area contributed by atoms with Crippen molar-refractivity contribution in [2.24, 2.45) is 5.92 Å². The number of aromatic nitrogens is 1. The van der Waals surface area contributed by atoms with E-state index < -0.39 is 0 Å². The highest BCUT2D eigenvalue weighted by atomic mass is 16.5. The normalized spacial score (nSPS) is 20.0. The van der Waals surface area contributed by atoms with Gasteiger partial charge in [0.25, 0.3) is 5.91 Å². The largest absolute Gasteiger partial charge is 0.466 e. The number of amides is 1. The molecule has 1 aliphatic rings. The Kier molecular flexibility index (Phi) is 6.28. The van der Waals surface area contributed by atoms with Crippen molar-refractivity contribution < 1.29 is 19.2 Å². The van der Waals surface area contributed by atoms with Gasteiger partial charge >= 0.3 is 5.97 Å². The molecule has 3 N–H and O–H groups in total. The van der Waals surface area contributed by atoms with E-state index in [9.17, 15) is 9.59 Å². The smallest absolute Gasteiger partial charge is 0.314 e. The van der Waals surface area contributed by atoms with Crippen LogP contribution in [0.5, 0.6) is 0 Å². The van der Waals surface area contributed by atoms with E-state index in [1.54, 1.807) is 0 Å². The Labute approximate surface area is 153 Å². The number of aromatic amines is 1. The molecule has 2 aromatic rings. The second kappa shape index (κ2) is 8.85. The fraction of sp³-hybridized carbons (Fsp3) is 0.500. The number of carbonyl (C=O) groups is 2. The molecule has 2 atom stereocenters. The molecule has 0 bridgehead atoms. The minimum absolute atomic E-state index is 0.0457. The number of nitrogens with one attached hydrogen (secondary N) is 3. The Balaban J connectivity index is 1.43. The van der Waals surface area contributed by atoms with Crippen LogP contribution in [-0.4, -0.2) is 49.6 Å². The zero-order valence-corrected chi connectivity index (χ0v) is 15.3. The average molecular weight is 358 g/mol. The summed E-state index contributed by atoms with van der Waals surface area (Å²) in [6, 6.07) is 8.18. The maximum Gasteiger partial charge on any atom is 0.314 e. The van der Waals surface area contributed by atoms with Gasteiger partial charge in [0.05, 0.1) is 19.7 Å². The van der Waals surface area contributed by atoms with Crippen LogP contribution in [0.1, 0.15) is 25.3 Å². The van der Waals surface area contributed by atoms with Crippen molar-refractivity contribution >= 4 is 22.8 Å². The number of carbonyl (C=O) groups excluding carboxylic acids is 2. The SMILES string of the molecule is CCOC(=O)[C@H]1CCC[NH+](CC(=O)NCCc2c[nH]c3ccccc23)C1. The van der Waals surface area contributed by atoms with Gasteiger partial charge in [0, 0.05) is 23.6 Å². The maximum absolute atomic E-state index is 12.2. The van der Waals surface area contributed by atoms with E-state index in [4.69, 9.17) is 4.74 Å². The molecule has 1 aromatic carbocycles. The van der Waals surface area contributed by atoms with E-state index in [0.29, 0.717) is 26.2 Å². The van der Waals surface area contributed by atoms with Crippen molar-refractivity contribution in [1.82, 2.24) is 10.3 Å². The van der Waals surface area contributed by atoms with E-state index >= 15 is 0 Å². The first-order valence-corrected chi connectivity index (χ1v) is 9.49. The number of quaternary nitrogens is 1. The number of fused-ring (bicyclic) bond motifs is 1. The van der Waals surface area contributed by atoms with Crippen LogP contribution in [-0.2, 0) is 20.7 Å². The summed E-state index contributed by atoms with van der Waals surface area (Å²) in [6.45, 7) is 4.91. The van der Waals surface area contributed by atoms with Gasteiger partial charge in [0.15, 0.2) is 6.54 Å². The van der Waals surface area contributed by atoms with Crippen LogP contribution in [0.3, 0.4) is 0 Å². The minimum atomic E-state index is -0.121. The highest BCUT2D eigenvalue weighted by Gasteiger charge is 2.30. The van der Waals surface area contributed by atoms with Crippen LogP contribution in [0.15, 0.2) is 30.5 Å². The number of benzene rings is 1. The number of hydrogen-bond acceptors (Lipinski definition) is 3. The molecular weight excluding hydrogens is 330 g/mol. The zero-order chi connectivity index (χ0) is 18.4. The van der Waals surface area contributed by atoms with Crippen molar-refractivity contribution in [2.75, 3.05) is 32.8 Å². The van der Waals surface area contributed by atoms with Crippen LogP contribution < -0.4 is 10.2 Å². The Morgan fingerprint density at radius 2 is 2.19 bits per heavy atom. The summed E-state index contributed by atoms with van der Waals surface area (Å²) in [5.74, 6) is -0.147. The molecule has 1 saturated heterocycles. The molecule has 0 aliphatic carbocycles. The van der Waals surface area contributed by atoms with Crippen LogP contribution in [0.25, 0.3) is 10.9 Å². The van der Waals surface area contributed by atoms with Gasteiger partial charge < -0.3 is 19.9 Å². The number of rotatable bonds is 7. The molecule has 140 valence electrons. The Bertz CT molecular complexity index is 756. The fourth-order valence-corrected chi connectivity index (χ4v) is 3.74. The summed E-state index contributed by atoms with van der Waals surface area (Å²) in [6.07, 6.45) is 4.64. The third kappa shape index (κ3) is 4.64. The topological polar surface area (TPSA) is 75.6 Å². The lowest BCUT2D eigenvalue weighted by Gasteiger charge is -2.28. The molecule has 1 fully saturated rings. The first kappa shape index (κ1) is 18.5. The van der Waals surface area contributed by atoms with E-state index in [2.05, 4.69) is 22.4 Å². The number of H-pyrrole nitrogens is 1. The van der Waals surface area contributed by atoms with E-state index in [-0.39, 0.29) is 17.8 Å². The Morgan fingerprint density at radius 1 is 1.35 bits per heavy atom. The monoisotopic (exact) mass is 358 g/mol. The number of esters is 1. The van der Waals surface area contributed by atoms with Gasteiger partial charge in [-0.1, -0.05) is 18.2 Å². The predicted molar refractivity (Wildman–Crippen MR) is 99.9 cm³/mol. The van der Waals surface area contributed by atoms with Crippen LogP contribution in [0.4, 0.5) is 0 Å². The van der Waals surface area contributed by atoms with Gasteiger partial charge in [-0.05, 0) is 37.8 Å². The van der Waals surface area contributed by atoms with Crippen molar-refractivity contribution in [3.05, 3.63) is 36.0 Å². The molecule has 3 rings (SSSR count). The molecule has 2 heterocycles. The first-order chi connectivity index (χ1) is 12.7. The molecule has 0 saturated carbocycles. The fourth-order valence-electron chi connectivity index (χ4n) is 3.74. The second-order valence-electron chi connectivity index (χ2n) is 6.93. The lowest BCUT2D eigenvalue weighted by Crippen LogP contribution is -3.14. The van der Waals surface area contributed by atoms with Gasteiger partial charge in [0.1, 0.15) is 5.92 Å². The van der Waals surface area contributed by atoms with Gasteiger partial charge in [-0.3, -0.25) is 9.59 Å². The lowest BCUT2D eigenvalue weighted by molar-refractivity contribution is -0.899. The van der Waals surface area contributed by atoms with Crippen molar-refractivity contribution in [3.8, 4) is 0 Å². The van der Waals surface area contributed by atoms with Crippen molar-refractivity contribution in [2.45, 2.75) is 26.2 Å². The van der Waals surface area contributed by atoms with Crippen molar-refractivity contribution in [1.29, 1.82) is 0 Å². The molecular formula is C20H28N3O3+. The molecule has 1 unspecified atom stereocenters. The molecule has 6 heteroatoms.